The standard InChI is InChI=1S/C24H29N3O8/c1-26(2)17(29)8-7-14-5-3-4-6-15(14)12-27-20-22(30)34-16-11-24(20,23(31)25-9-10-28)21(35-27)19-18(16)32-13-33-19/h3-8,16,18-21,28H,9-13H2,1-2H3,(H,25,31)/t16-,18+,19+,20+,21-,24+/m1/s1. The molecule has 2 bridgehead atoms. The van der Waals surface area contributed by atoms with Crippen molar-refractivity contribution in [3.05, 3.63) is 41.5 Å². The molecule has 2 N–H and O–H groups in total. The van der Waals surface area contributed by atoms with E-state index in [9.17, 15) is 19.5 Å². The van der Waals surface area contributed by atoms with Crippen LogP contribution in [0.1, 0.15) is 17.5 Å². The maximum Gasteiger partial charge on any atom is 0.327 e. The molecule has 4 fully saturated rings. The zero-order valence-electron chi connectivity index (χ0n) is 19.6. The van der Waals surface area contributed by atoms with Crippen LogP contribution in [0.15, 0.2) is 30.3 Å². The van der Waals surface area contributed by atoms with E-state index < -0.39 is 41.8 Å². The fourth-order valence-electron chi connectivity index (χ4n) is 5.49. The quantitative estimate of drug-likeness (QED) is 0.384. The monoisotopic (exact) mass is 487 g/mol. The molecule has 1 aromatic carbocycles. The molecule has 5 rings (SSSR count). The van der Waals surface area contributed by atoms with E-state index in [2.05, 4.69) is 5.32 Å². The number of carbonyl (C=O) groups excluding carboxylic acids is 3. The van der Waals surface area contributed by atoms with Gasteiger partial charge in [0.15, 0.2) is 6.04 Å². The van der Waals surface area contributed by atoms with E-state index in [1.54, 1.807) is 20.2 Å². The summed E-state index contributed by atoms with van der Waals surface area (Å²) in [4.78, 5) is 46.6. The van der Waals surface area contributed by atoms with Gasteiger partial charge in [-0.15, -0.1) is 0 Å². The lowest BCUT2D eigenvalue weighted by atomic mass is 9.62. The van der Waals surface area contributed by atoms with Crippen molar-refractivity contribution >= 4 is 23.9 Å². The first-order valence-electron chi connectivity index (χ1n) is 11.6. The number of hydrogen-bond donors (Lipinski definition) is 2. The molecular weight excluding hydrogens is 458 g/mol. The molecule has 4 aliphatic rings. The van der Waals surface area contributed by atoms with Crippen molar-refractivity contribution in [2.75, 3.05) is 34.0 Å². The van der Waals surface area contributed by atoms with Crippen molar-refractivity contribution in [1.29, 1.82) is 0 Å². The third-order valence-electron chi connectivity index (χ3n) is 7.12. The van der Waals surface area contributed by atoms with Gasteiger partial charge in [0.2, 0.25) is 11.8 Å². The first-order chi connectivity index (χ1) is 16.9. The third kappa shape index (κ3) is 3.93. The second kappa shape index (κ2) is 9.32. The van der Waals surface area contributed by atoms with Gasteiger partial charge in [-0.1, -0.05) is 24.3 Å². The molecule has 11 heteroatoms. The van der Waals surface area contributed by atoms with Crippen LogP contribution in [0, 0.1) is 5.41 Å². The molecule has 3 aliphatic heterocycles. The predicted octanol–water partition coefficient (Wildman–Crippen LogP) is -0.562. The topological polar surface area (TPSA) is 127 Å². The van der Waals surface area contributed by atoms with E-state index in [0.29, 0.717) is 0 Å². The van der Waals surface area contributed by atoms with E-state index in [1.165, 1.54) is 16.0 Å². The van der Waals surface area contributed by atoms with Crippen LogP contribution >= 0.6 is 0 Å². The van der Waals surface area contributed by atoms with Gasteiger partial charge in [0.1, 0.15) is 36.6 Å². The molecule has 3 saturated heterocycles. The molecule has 35 heavy (non-hydrogen) atoms. The Balaban J connectivity index is 1.49. The average molecular weight is 488 g/mol. The Hall–Kier alpha value is -2.83. The number of esters is 1. The molecule has 11 nitrogen and oxygen atoms in total. The minimum Gasteiger partial charge on any atom is -0.458 e. The summed E-state index contributed by atoms with van der Waals surface area (Å²) in [7, 11) is 3.34. The number of nitrogens with zero attached hydrogens (tertiary/aromatic N) is 2. The van der Waals surface area contributed by atoms with Crippen LogP contribution in [-0.2, 0) is 40.0 Å². The van der Waals surface area contributed by atoms with Crippen molar-refractivity contribution in [3.63, 3.8) is 0 Å². The predicted molar refractivity (Wildman–Crippen MR) is 120 cm³/mol. The van der Waals surface area contributed by atoms with E-state index in [4.69, 9.17) is 19.0 Å². The maximum atomic E-state index is 13.5. The Morgan fingerprint density at radius 1 is 1.26 bits per heavy atom. The van der Waals surface area contributed by atoms with Crippen LogP contribution in [0.25, 0.3) is 6.08 Å². The highest BCUT2D eigenvalue weighted by Crippen LogP contribution is 2.55. The molecule has 0 spiro atoms. The number of aliphatic hydroxyl groups excluding tert-OH is 1. The number of nitrogens with one attached hydrogen (secondary N) is 1. The average Bonchev–Trinajstić information content (AvgIpc) is 3.46. The molecule has 1 aromatic rings. The van der Waals surface area contributed by atoms with E-state index in [-0.39, 0.29) is 44.7 Å². The lowest BCUT2D eigenvalue weighted by molar-refractivity contribution is -0.201. The molecule has 0 unspecified atom stereocenters. The first-order valence-corrected chi connectivity index (χ1v) is 11.6. The summed E-state index contributed by atoms with van der Waals surface area (Å²) in [5.41, 5.74) is 0.325. The number of hydroxylamine groups is 2. The van der Waals surface area contributed by atoms with Crippen LogP contribution in [0.5, 0.6) is 0 Å². The molecule has 0 aromatic heterocycles. The number of likely N-dealkylation sites (N-methyl/N-ethyl adjacent to an activating group) is 1. The number of hydrogen-bond acceptors (Lipinski definition) is 9. The molecule has 1 aliphatic carbocycles. The summed E-state index contributed by atoms with van der Waals surface area (Å²) < 4.78 is 17.2. The van der Waals surface area contributed by atoms with Crippen LogP contribution < -0.4 is 5.32 Å². The normalized spacial score (nSPS) is 33.5. The number of ether oxygens (including phenoxy) is 3. The molecule has 188 valence electrons. The van der Waals surface area contributed by atoms with Crippen molar-refractivity contribution in [2.24, 2.45) is 5.41 Å². The third-order valence-corrected chi connectivity index (χ3v) is 7.12. The summed E-state index contributed by atoms with van der Waals surface area (Å²) in [6.07, 6.45) is 0.924. The van der Waals surface area contributed by atoms with E-state index >= 15 is 0 Å². The number of aliphatic hydroxyl groups is 1. The van der Waals surface area contributed by atoms with Crippen LogP contribution in [0.2, 0.25) is 0 Å². The van der Waals surface area contributed by atoms with Crippen LogP contribution in [0.3, 0.4) is 0 Å². The fraction of sp³-hybridized carbons (Fsp3) is 0.542. The van der Waals surface area contributed by atoms with Crippen LogP contribution in [0.4, 0.5) is 0 Å². The summed E-state index contributed by atoms with van der Waals surface area (Å²) in [6, 6.07) is 6.44. The van der Waals surface area contributed by atoms with Crippen molar-refractivity contribution in [1.82, 2.24) is 15.3 Å². The van der Waals surface area contributed by atoms with E-state index in [0.717, 1.165) is 11.1 Å². The minimum atomic E-state index is -1.25. The molecule has 6 atom stereocenters. The largest absolute Gasteiger partial charge is 0.458 e. The summed E-state index contributed by atoms with van der Waals surface area (Å²) in [6.45, 7) is 0.0199. The molecule has 0 radical (unpaired) electrons. The second-order valence-corrected chi connectivity index (χ2v) is 9.35. The van der Waals surface area contributed by atoms with Gasteiger partial charge in [-0.25, -0.2) is 0 Å². The Bertz CT molecular complexity index is 1050. The molecular formula is C24H29N3O8. The number of rotatable bonds is 7. The SMILES string of the molecule is CN(C)C(=O)C=Cc1ccccc1CN1O[C@@H]2[C@H]3OCO[C@H]3[C@H]3C[C@]2(C(=O)NCCO)[C@@H]1C(=O)O3. The highest BCUT2D eigenvalue weighted by molar-refractivity contribution is 5.94. The van der Waals surface area contributed by atoms with Crippen molar-refractivity contribution in [2.45, 2.75) is 43.4 Å². The van der Waals surface area contributed by atoms with Crippen molar-refractivity contribution in [3.8, 4) is 0 Å². The zero-order chi connectivity index (χ0) is 24.7. The number of benzene rings is 1. The van der Waals surface area contributed by atoms with Gasteiger partial charge in [0.05, 0.1) is 13.2 Å². The smallest absolute Gasteiger partial charge is 0.327 e. The first kappa shape index (κ1) is 23.9. The van der Waals surface area contributed by atoms with Gasteiger partial charge < -0.3 is 29.5 Å². The van der Waals surface area contributed by atoms with Gasteiger partial charge in [-0.05, 0) is 17.2 Å². The number of amides is 2. The van der Waals surface area contributed by atoms with Gasteiger partial charge in [0.25, 0.3) is 0 Å². The Labute approximate surface area is 202 Å². The minimum absolute atomic E-state index is 0.0236. The van der Waals surface area contributed by atoms with Gasteiger partial charge in [-0.3, -0.25) is 19.2 Å². The summed E-state index contributed by atoms with van der Waals surface area (Å²) in [5.74, 6) is -1.11. The summed E-state index contributed by atoms with van der Waals surface area (Å²) in [5, 5.41) is 13.5. The van der Waals surface area contributed by atoms with Crippen molar-refractivity contribution < 1.29 is 38.5 Å². The summed E-state index contributed by atoms with van der Waals surface area (Å²) >= 11 is 0. The molecule has 2 amide bonds. The highest BCUT2D eigenvalue weighted by atomic mass is 16.8. The van der Waals surface area contributed by atoms with Crippen LogP contribution in [-0.4, -0.2) is 97.4 Å². The molecule has 1 saturated carbocycles. The number of carbonyl (C=O) groups is 3. The lowest BCUT2D eigenvalue weighted by Crippen LogP contribution is -2.69. The highest BCUT2D eigenvalue weighted by Gasteiger charge is 2.74. The fourth-order valence-corrected chi connectivity index (χ4v) is 5.49. The van der Waals surface area contributed by atoms with Gasteiger partial charge in [-0.2, -0.15) is 5.06 Å². The van der Waals surface area contributed by atoms with E-state index in [1.807, 2.05) is 24.3 Å². The number of fused-ring (bicyclic) bond motifs is 4. The zero-order valence-corrected chi connectivity index (χ0v) is 19.6. The Morgan fingerprint density at radius 3 is 2.80 bits per heavy atom. The second-order valence-electron chi connectivity index (χ2n) is 9.35. The molecule has 3 heterocycles. The van der Waals surface area contributed by atoms with Gasteiger partial charge >= 0.3 is 5.97 Å². The Morgan fingerprint density at radius 2 is 2.03 bits per heavy atom. The Kier molecular flexibility index (Phi) is 6.36. The maximum absolute atomic E-state index is 13.5. The van der Waals surface area contributed by atoms with Gasteiger partial charge in [0, 0.05) is 33.1 Å². The lowest BCUT2D eigenvalue weighted by Gasteiger charge is -2.48.